The number of hydrogen-bond donors (Lipinski definition) is 1. The number of ether oxygens (including phenoxy) is 1. The molecule has 0 spiro atoms. The lowest BCUT2D eigenvalue weighted by molar-refractivity contribution is -0.154. The first-order chi connectivity index (χ1) is 13.4. The summed E-state index contributed by atoms with van der Waals surface area (Å²) in [5.74, 6) is -1.10. The Bertz CT molecular complexity index is 810. The van der Waals surface area contributed by atoms with Gasteiger partial charge in [0.1, 0.15) is 12.4 Å². The van der Waals surface area contributed by atoms with Gasteiger partial charge in [-0.3, -0.25) is 9.59 Å². The molecule has 154 valence electrons. The Morgan fingerprint density at radius 3 is 2.54 bits per heavy atom. The number of rotatable bonds is 6. The van der Waals surface area contributed by atoms with Crippen LogP contribution < -0.4 is 4.72 Å². The van der Waals surface area contributed by atoms with Crippen LogP contribution in [-0.4, -0.2) is 50.9 Å². The fourth-order valence-corrected chi connectivity index (χ4v) is 5.03. The Hall–Kier alpha value is -2.00. The number of amides is 1. The van der Waals surface area contributed by atoms with Gasteiger partial charge in [0.05, 0.1) is 4.90 Å². The van der Waals surface area contributed by atoms with E-state index >= 15 is 0 Å². The van der Waals surface area contributed by atoms with Gasteiger partial charge in [-0.15, -0.1) is 0 Å². The molecule has 2 aliphatic rings. The van der Waals surface area contributed by atoms with E-state index in [1.807, 2.05) is 4.90 Å². The van der Waals surface area contributed by atoms with E-state index < -0.39 is 28.4 Å². The van der Waals surface area contributed by atoms with Crippen molar-refractivity contribution >= 4 is 21.9 Å². The van der Waals surface area contributed by atoms with Crippen LogP contribution in [0.5, 0.6) is 0 Å². The van der Waals surface area contributed by atoms with E-state index in [1.54, 1.807) is 0 Å². The first-order valence-electron chi connectivity index (χ1n) is 9.57. The minimum Gasteiger partial charge on any atom is -0.455 e. The lowest BCUT2D eigenvalue weighted by Crippen LogP contribution is -2.51. The van der Waals surface area contributed by atoms with Crippen molar-refractivity contribution in [2.45, 2.75) is 49.5 Å². The van der Waals surface area contributed by atoms with E-state index in [0.29, 0.717) is 12.5 Å². The largest absolute Gasteiger partial charge is 0.455 e. The second-order valence-corrected chi connectivity index (χ2v) is 9.05. The molecular weight excluding hydrogens is 387 g/mol. The van der Waals surface area contributed by atoms with Crippen LogP contribution in [0.2, 0.25) is 0 Å². The summed E-state index contributed by atoms with van der Waals surface area (Å²) in [5, 5.41) is 0. The molecule has 0 bridgehead atoms. The number of likely N-dealkylation sites (tertiary alicyclic amines) is 1. The van der Waals surface area contributed by atoms with Crippen molar-refractivity contribution in [3.63, 3.8) is 0 Å². The van der Waals surface area contributed by atoms with Crippen LogP contribution in [0.1, 0.15) is 38.5 Å². The van der Waals surface area contributed by atoms with Gasteiger partial charge in [-0.05, 0) is 55.9 Å². The second kappa shape index (κ2) is 9.00. The van der Waals surface area contributed by atoms with Crippen molar-refractivity contribution in [2.75, 3.05) is 19.7 Å². The maximum atomic E-state index is 12.9. The second-order valence-electron chi connectivity index (χ2n) is 7.28. The molecule has 1 saturated heterocycles. The summed E-state index contributed by atoms with van der Waals surface area (Å²) in [6.45, 7) is -0.311. The van der Waals surface area contributed by atoms with Gasteiger partial charge in [0.2, 0.25) is 10.0 Å². The summed E-state index contributed by atoms with van der Waals surface area (Å²) in [5.41, 5.74) is 0. The number of fused-ring (bicyclic) bond motifs is 1. The smallest absolute Gasteiger partial charge is 0.321 e. The number of carbonyl (C=O) groups excluding carboxylic acids is 2. The fourth-order valence-electron chi connectivity index (χ4n) is 4.06. The monoisotopic (exact) mass is 412 g/mol. The first-order valence-corrected chi connectivity index (χ1v) is 11.1. The molecular formula is C19H25FN2O5S. The molecule has 2 atom stereocenters. The summed E-state index contributed by atoms with van der Waals surface area (Å²) in [4.78, 5) is 26.0. The molecule has 0 unspecified atom stereocenters. The highest BCUT2D eigenvalue weighted by atomic mass is 32.2. The van der Waals surface area contributed by atoms with Crippen LogP contribution >= 0.6 is 0 Å². The zero-order valence-electron chi connectivity index (χ0n) is 15.6. The van der Waals surface area contributed by atoms with Crippen LogP contribution in [0.3, 0.4) is 0 Å². The number of piperidine rings is 1. The van der Waals surface area contributed by atoms with Crippen LogP contribution in [0.15, 0.2) is 29.2 Å². The molecule has 0 aromatic heterocycles. The van der Waals surface area contributed by atoms with Crippen LogP contribution in [-0.2, 0) is 24.3 Å². The minimum atomic E-state index is -3.96. The van der Waals surface area contributed by atoms with Gasteiger partial charge in [-0.1, -0.05) is 12.8 Å². The molecule has 1 amide bonds. The van der Waals surface area contributed by atoms with Crippen molar-refractivity contribution in [3.05, 3.63) is 30.1 Å². The summed E-state index contributed by atoms with van der Waals surface area (Å²) in [6, 6.07) is 4.46. The average molecular weight is 412 g/mol. The lowest BCUT2D eigenvalue weighted by atomic mass is 9.78. The number of hydrogen-bond acceptors (Lipinski definition) is 5. The molecule has 0 radical (unpaired) electrons. The summed E-state index contributed by atoms with van der Waals surface area (Å²) >= 11 is 0. The highest BCUT2D eigenvalue weighted by Gasteiger charge is 2.35. The summed E-state index contributed by atoms with van der Waals surface area (Å²) in [6.07, 6.45) is 6.53. The van der Waals surface area contributed by atoms with Gasteiger partial charge >= 0.3 is 5.97 Å². The third kappa shape index (κ3) is 5.08. The molecule has 1 saturated carbocycles. The molecule has 1 aliphatic heterocycles. The van der Waals surface area contributed by atoms with E-state index in [9.17, 15) is 22.4 Å². The van der Waals surface area contributed by atoms with Crippen molar-refractivity contribution in [3.8, 4) is 0 Å². The Morgan fingerprint density at radius 1 is 1.11 bits per heavy atom. The number of nitrogens with one attached hydrogen (secondary N) is 1. The van der Waals surface area contributed by atoms with Crippen molar-refractivity contribution < 1.29 is 27.1 Å². The number of esters is 1. The fraction of sp³-hybridized carbons (Fsp3) is 0.579. The normalized spacial score (nSPS) is 22.4. The topological polar surface area (TPSA) is 92.8 Å². The van der Waals surface area contributed by atoms with Gasteiger partial charge < -0.3 is 9.64 Å². The molecule has 7 nitrogen and oxygen atoms in total. The third-order valence-corrected chi connectivity index (χ3v) is 6.87. The number of nitrogens with zero attached hydrogens (tertiary/aromatic N) is 1. The van der Waals surface area contributed by atoms with Crippen LogP contribution in [0, 0.1) is 11.7 Å². The zero-order chi connectivity index (χ0) is 20.1. The zero-order valence-corrected chi connectivity index (χ0v) is 16.4. The molecule has 1 aromatic rings. The SMILES string of the molecule is O=C(CNS(=O)(=O)c1ccc(F)cc1)OCC(=O)N1CCC[C@@H]2CCCC[C@H]21. The van der Waals surface area contributed by atoms with Gasteiger partial charge in [0.15, 0.2) is 6.61 Å². The quantitative estimate of drug-likeness (QED) is 0.720. The maximum Gasteiger partial charge on any atom is 0.321 e. The van der Waals surface area contributed by atoms with E-state index in [4.69, 9.17) is 4.74 Å². The lowest BCUT2D eigenvalue weighted by Gasteiger charge is -2.44. The Morgan fingerprint density at radius 2 is 1.79 bits per heavy atom. The molecule has 2 fully saturated rings. The third-order valence-electron chi connectivity index (χ3n) is 5.45. The molecule has 1 aliphatic carbocycles. The predicted octanol–water partition coefficient (Wildman–Crippen LogP) is 1.83. The van der Waals surface area contributed by atoms with Gasteiger partial charge in [-0.2, -0.15) is 4.72 Å². The summed E-state index contributed by atoms with van der Waals surface area (Å²) in [7, 11) is -3.96. The van der Waals surface area contributed by atoms with Crippen molar-refractivity contribution in [1.29, 1.82) is 0 Å². The maximum absolute atomic E-state index is 12.9. The predicted molar refractivity (Wildman–Crippen MR) is 99.2 cm³/mol. The van der Waals surface area contributed by atoms with Crippen LogP contribution in [0.4, 0.5) is 4.39 Å². The van der Waals surface area contributed by atoms with Crippen LogP contribution in [0.25, 0.3) is 0 Å². The molecule has 1 N–H and O–H groups in total. The van der Waals surface area contributed by atoms with Gasteiger partial charge in [-0.25, -0.2) is 12.8 Å². The average Bonchev–Trinajstić information content (AvgIpc) is 2.70. The van der Waals surface area contributed by atoms with Crippen molar-refractivity contribution in [1.82, 2.24) is 9.62 Å². The standard InChI is InChI=1S/C19H25FN2O5S/c20-15-7-9-16(10-8-15)28(25,26)21-12-19(24)27-13-18(23)22-11-3-5-14-4-1-2-6-17(14)22/h7-10,14,17,21H,1-6,11-13H2/t14-,17+/m0/s1. The highest BCUT2D eigenvalue weighted by Crippen LogP contribution is 2.35. The van der Waals surface area contributed by atoms with Gasteiger partial charge in [0, 0.05) is 12.6 Å². The van der Waals surface area contributed by atoms with E-state index in [0.717, 1.165) is 56.4 Å². The molecule has 1 aromatic carbocycles. The number of benzene rings is 1. The number of carbonyl (C=O) groups is 2. The Balaban J connectivity index is 1.47. The minimum absolute atomic E-state index is 0.158. The number of halogens is 1. The highest BCUT2D eigenvalue weighted by molar-refractivity contribution is 7.89. The molecule has 1 heterocycles. The van der Waals surface area contributed by atoms with Crippen molar-refractivity contribution in [2.24, 2.45) is 5.92 Å². The summed E-state index contributed by atoms with van der Waals surface area (Å²) < 4.78 is 44.1. The molecule has 3 rings (SSSR count). The Labute approximate surface area is 164 Å². The number of sulfonamides is 1. The van der Waals surface area contributed by atoms with E-state index in [-0.39, 0.29) is 23.5 Å². The Kier molecular flexibility index (Phi) is 6.66. The first kappa shape index (κ1) is 20.7. The molecule has 9 heteroatoms. The van der Waals surface area contributed by atoms with Gasteiger partial charge in [0.25, 0.3) is 5.91 Å². The molecule has 28 heavy (non-hydrogen) atoms. The van der Waals surface area contributed by atoms with E-state index in [1.165, 1.54) is 6.42 Å². The van der Waals surface area contributed by atoms with E-state index in [2.05, 4.69) is 4.72 Å².